The molecule has 0 amide bonds. The van der Waals surface area contributed by atoms with Crippen LogP contribution in [0.3, 0.4) is 0 Å². The quantitative estimate of drug-likeness (QED) is 0.406. The van der Waals surface area contributed by atoms with Gasteiger partial charge in [0.2, 0.25) is 0 Å². The summed E-state index contributed by atoms with van der Waals surface area (Å²) in [4.78, 5) is 16.2. The van der Waals surface area contributed by atoms with Gasteiger partial charge in [-0.25, -0.2) is 14.4 Å². The smallest absolute Gasteiger partial charge is 0.113 e. The van der Waals surface area contributed by atoms with E-state index in [9.17, 15) is 4.39 Å². The average molecular weight is 400 g/mol. The van der Waals surface area contributed by atoms with Crippen LogP contribution < -0.4 is 0 Å². The van der Waals surface area contributed by atoms with Crippen molar-refractivity contribution in [2.45, 2.75) is 13.0 Å². The summed E-state index contributed by atoms with van der Waals surface area (Å²) in [6.07, 6.45) is 7.69. The van der Waals surface area contributed by atoms with Crippen LogP contribution in [-0.4, -0.2) is 33.2 Å². The molecule has 2 aliphatic heterocycles. The number of alkyl halides is 1. The number of hydrogen-bond donors (Lipinski definition) is 2. The molecule has 6 heteroatoms. The second-order valence-corrected chi connectivity index (χ2v) is 7.33. The Bertz CT molecular complexity index is 1320. The molecule has 0 radical (unpaired) electrons. The molecule has 0 saturated heterocycles. The number of nitrogens with one attached hydrogen (secondary N) is 2. The minimum Gasteiger partial charge on any atom is -0.371 e. The summed E-state index contributed by atoms with van der Waals surface area (Å²) in [7, 11) is 0. The first-order valence-corrected chi connectivity index (χ1v) is 9.92. The van der Waals surface area contributed by atoms with Gasteiger partial charge in [0.1, 0.15) is 6.67 Å². The van der Waals surface area contributed by atoms with E-state index >= 15 is 0 Å². The van der Waals surface area contributed by atoms with Crippen molar-refractivity contribution in [2.24, 2.45) is 0 Å². The molecule has 2 aliphatic rings. The van der Waals surface area contributed by atoms with E-state index in [-0.39, 0.29) is 12.7 Å². The lowest BCUT2D eigenvalue weighted by Crippen LogP contribution is -2.02. The van der Waals surface area contributed by atoms with Crippen LogP contribution in [-0.2, 0) is 4.74 Å². The van der Waals surface area contributed by atoms with Gasteiger partial charge in [0.25, 0.3) is 0 Å². The summed E-state index contributed by atoms with van der Waals surface area (Å²) < 4.78 is 18.2. The van der Waals surface area contributed by atoms with Gasteiger partial charge in [-0.1, -0.05) is 0 Å². The van der Waals surface area contributed by atoms with Gasteiger partial charge >= 0.3 is 0 Å². The maximum atomic E-state index is 12.6. The van der Waals surface area contributed by atoms with Gasteiger partial charge in [0.05, 0.1) is 35.5 Å². The van der Waals surface area contributed by atoms with E-state index in [2.05, 4.69) is 15.0 Å². The molecular weight excluding hydrogens is 379 g/mol. The summed E-state index contributed by atoms with van der Waals surface area (Å²) >= 11 is 0. The van der Waals surface area contributed by atoms with Crippen LogP contribution in [0.1, 0.15) is 41.4 Å². The van der Waals surface area contributed by atoms with Gasteiger partial charge in [-0.3, -0.25) is 0 Å². The van der Waals surface area contributed by atoms with Gasteiger partial charge in [-0.05, 0) is 73.7 Å². The highest BCUT2D eigenvalue weighted by Crippen LogP contribution is 2.25. The predicted molar refractivity (Wildman–Crippen MR) is 119 cm³/mol. The van der Waals surface area contributed by atoms with Crippen LogP contribution in [0.4, 0.5) is 4.39 Å². The molecule has 0 spiro atoms. The molecule has 0 fully saturated rings. The van der Waals surface area contributed by atoms with E-state index in [0.717, 1.165) is 50.4 Å². The van der Waals surface area contributed by atoms with Crippen molar-refractivity contribution in [1.82, 2.24) is 19.9 Å². The van der Waals surface area contributed by atoms with Crippen molar-refractivity contribution >= 4 is 46.4 Å². The van der Waals surface area contributed by atoms with E-state index in [1.807, 2.05) is 73.7 Å². The van der Waals surface area contributed by atoms with E-state index in [0.29, 0.717) is 0 Å². The normalized spacial score (nSPS) is 13.7. The Labute approximate surface area is 173 Å². The highest BCUT2D eigenvalue weighted by Gasteiger charge is 2.12. The lowest BCUT2D eigenvalue weighted by molar-refractivity contribution is 0.0568. The number of halogens is 1. The van der Waals surface area contributed by atoms with Gasteiger partial charge in [-0.2, -0.15) is 0 Å². The van der Waals surface area contributed by atoms with Crippen molar-refractivity contribution in [3.63, 3.8) is 0 Å². The number of H-pyrrole nitrogens is 2. The number of hydrogen-bond acceptors (Lipinski definition) is 3. The number of aromatic nitrogens is 4. The second-order valence-electron chi connectivity index (χ2n) is 7.33. The fourth-order valence-corrected chi connectivity index (χ4v) is 3.69. The zero-order chi connectivity index (χ0) is 20.5. The van der Waals surface area contributed by atoms with Crippen LogP contribution in [0.5, 0.6) is 0 Å². The van der Waals surface area contributed by atoms with Crippen LogP contribution in [0.15, 0.2) is 42.5 Å². The molecule has 5 heterocycles. The average Bonchev–Trinajstić information content (AvgIpc) is 3.51. The molecule has 5 nitrogen and oxygen atoms in total. The molecule has 1 atom stereocenters. The molecule has 2 N–H and O–H groups in total. The molecule has 0 aliphatic carbocycles. The fourth-order valence-electron chi connectivity index (χ4n) is 3.69. The number of nitrogens with zero attached hydrogens (tertiary/aromatic N) is 2. The molecule has 0 saturated carbocycles. The molecule has 1 unspecified atom stereocenters. The SMILES string of the molecule is CC(OCCF)c1cc2cc3nc(cc4ccc(cc5nc(cc1[nH]2)C=C5)[nH]4)C=C3. The Hall–Kier alpha value is -3.51. The minimum absolute atomic E-state index is 0.0696. The zero-order valence-electron chi connectivity index (χ0n) is 16.5. The maximum Gasteiger partial charge on any atom is 0.113 e. The first-order valence-electron chi connectivity index (χ1n) is 9.92. The largest absolute Gasteiger partial charge is 0.371 e. The zero-order valence-corrected chi connectivity index (χ0v) is 16.5. The number of ether oxygens (including phenoxy) is 1. The molecule has 0 aromatic carbocycles. The van der Waals surface area contributed by atoms with Crippen LogP contribution in [0, 0.1) is 0 Å². The van der Waals surface area contributed by atoms with Crippen LogP contribution in [0.2, 0.25) is 0 Å². The topological polar surface area (TPSA) is 66.6 Å². The fraction of sp³-hybridized carbons (Fsp3) is 0.167. The van der Waals surface area contributed by atoms with Crippen molar-refractivity contribution in [3.05, 3.63) is 70.8 Å². The summed E-state index contributed by atoms with van der Waals surface area (Å²) in [6.45, 7) is 1.49. The second kappa shape index (κ2) is 7.72. The van der Waals surface area contributed by atoms with Crippen molar-refractivity contribution in [3.8, 4) is 0 Å². The molecule has 3 aromatic rings. The van der Waals surface area contributed by atoms with Crippen LogP contribution >= 0.6 is 0 Å². The third-order valence-electron chi connectivity index (χ3n) is 5.08. The molecule has 30 heavy (non-hydrogen) atoms. The maximum absolute atomic E-state index is 12.6. The first kappa shape index (κ1) is 18.5. The minimum atomic E-state index is -0.507. The third kappa shape index (κ3) is 3.82. The third-order valence-corrected chi connectivity index (χ3v) is 5.08. The standard InChI is InChI=1S/C24H21FN4O/c1-15(30-9-8-25)23-13-22-12-20-5-4-18(27-20)10-16-2-3-17(26-16)11-19-6-7-21(28-19)14-24(23)29-22/h2-7,10-15,26,29H,8-9H2,1H3. The Morgan fingerprint density at radius 3 is 1.97 bits per heavy atom. The summed E-state index contributed by atoms with van der Waals surface area (Å²) in [5, 5.41) is 0. The Morgan fingerprint density at radius 1 is 0.800 bits per heavy atom. The molecule has 8 bridgehead atoms. The van der Waals surface area contributed by atoms with Gasteiger partial charge in [0.15, 0.2) is 0 Å². The summed E-state index contributed by atoms with van der Waals surface area (Å²) in [5.74, 6) is 0. The Kier molecular flexibility index (Phi) is 4.77. The number of rotatable bonds is 4. The van der Waals surface area contributed by atoms with Crippen LogP contribution in [0.25, 0.3) is 46.4 Å². The monoisotopic (exact) mass is 400 g/mol. The molecule has 3 aromatic heterocycles. The highest BCUT2D eigenvalue weighted by atomic mass is 19.1. The Morgan fingerprint density at radius 2 is 1.37 bits per heavy atom. The van der Waals surface area contributed by atoms with Crippen molar-refractivity contribution in [2.75, 3.05) is 13.3 Å². The van der Waals surface area contributed by atoms with E-state index in [4.69, 9.17) is 9.72 Å². The summed E-state index contributed by atoms with van der Waals surface area (Å²) in [5.41, 5.74) is 8.18. The van der Waals surface area contributed by atoms with Gasteiger partial charge in [-0.15, -0.1) is 0 Å². The first-order chi connectivity index (χ1) is 14.7. The lowest BCUT2D eigenvalue weighted by Gasteiger charge is -2.10. The lowest BCUT2D eigenvalue weighted by atomic mass is 10.1. The summed E-state index contributed by atoms with van der Waals surface area (Å²) in [6, 6.07) is 14.1. The molecule has 5 rings (SSSR count). The number of aromatic amines is 2. The van der Waals surface area contributed by atoms with E-state index in [1.54, 1.807) is 0 Å². The van der Waals surface area contributed by atoms with E-state index in [1.165, 1.54) is 0 Å². The van der Waals surface area contributed by atoms with Crippen molar-refractivity contribution < 1.29 is 9.13 Å². The number of fused-ring (bicyclic) bond motifs is 8. The highest BCUT2D eigenvalue weighted by molar-refractivity contribution is 5.78. The Balaban J connectivity index is 1.76. The predicted octanol–water partition coefficient (Wildman–Crippen LogP) is 5.70. The van der Waals surface area contributed by atoms with Gasteiger partial charge < -0.3 is 14.7 Å². The molecule has 150 valence electrons. The molecular formula is C24H21FN4O. The van der Waals surface area contributed by atoms with E-state index < -0.39 is 6.67 Å². The van der Waals surface area contributed by atoms with Crippen molar-refractivity contribution in [1.29, 1.82) is 0 Å². The van der Waals surface area contributed by atoms with Gasteiger partial charge in [0, 0.05) is 27.6 Å².